The Balaban J connectivity index is 1.41. The first kappa shape index (κ1) is 13.4. The minimum Gasteiger partial charge on any atom is -0.497 e. The molecule has 118 valence electrons. The SMILES string of the molecule is CCN(Cc1ccc(OC)cc1)C12CC3CC(C1)C1C(C3)C12. The maximum atomic E-state index is 5.29. The second kappa shape index (κ2) is 4.50. The van der Waals surface area contributed by atoms with Gasteiger partial charge >= 0.3 is 0 Å². The fourth-order valence-electron chi connectivity index (χ4n) is 6.87. The van der Waals surface area contributed by atoms with Gasteiger partial charge in [-0.05, 0) is 79.5 Å². The second-order valence-corrected chi connectivity index (χ2v) is 8.24. The van der Waals surface area contributed by atoms with Crippen molar-refractivity contribution in [3.63, 3.8) is 0 Å². The summed E-state index contributed by atoms with van der Waals surface area (Å²) in [6.45, 7) is 4.68. The Morgan fingerprint density at radius 1 is 1.18 bits per heavy atom. The summed E-state index contributed by atoms with van der Waals surface area (Å²) in [4.78, 5) is 2.85. The standard InChI is InChI=1S/C20H27NO/c1-3-21(12-13-4-6-16(22-2)7-5-13)20-10-14-8-15(11-20)18-17(9-14)19(18)20/h4-7,14-15,17-19H,3,8-12H2,1-2H3. The predicted octanol–water partition coefficient (Wildman–Crippen LogP) is 3.95. The largest absolute Gasteiger partial charge is 0.497 e. The summed E-state index contributed by atoms with van der Waals surface area (Å²) in [6, 6.07) is 8.71. The van der Waals surface area contributed by atoms with Gasteiger partial charge in [0.2, 0.25) is 0 Å². The Hall–Kier alpha value is -1.02. The monoisotopic (exact) mass is 297 g/mol. The van der Waals surface area contributed by atoms with E-state index in [2.05, 4.69) is 36.1 Å². The van der Waals surface area contributed by atoms with Gasteiger partial charge in [-0.3, -0.25) is 4.90 Å². The zero-order chi connectivity index (χ0) is 14.9. The van der Waals surface area contributed by atoms with Crippen molar-refractivity contribution in [1.29, 1.82) is 0 Å². The van der Waals surface area contributed by atoms with Gasteiger partial charge in [0, 0.05) is 12.1 Å². The van der Waals surface area contributed by atoms with Crippen molar-refractivity contribution in [2.24, 2.45) is 29.6 Å². The lowest BCUT2D eigenvalue weighted by Crippen LogP contribution is -2.54. The summed E-state index contributed by atoms with van der Waals surface area (Å²) >= 11 is 0. The number of hydrogen-bond donors (Lipinski definition) is 0. The molecule has 0 aromatic heterocycles. The number of rotatable bonds is 5. The highest BCUT2D eigenvalue weighted by Crippen LogP contribution is 2.77. The molecule has 4 bridgehead atoms. The quantitative estimate of drug-likeness (QED) is 0.816. The highest BCUT2D eigenvalue weighted by molar-refractivity contribution is 5.30. The summed E-state index contributed by atoms with van der Waals surface area (Å²) < 4.78 is 5.29. The third-order valence-electron chi connectivity index (χ3n) is 7.44. The summed E-state index contributed by atoms with van der Waals surface area (Å²) in [6.07, 6.45) is 6.11. The average molecular weight is 297 g/mol. The molecule has 0 N–H and O–H groups in total. The molecule has 0 heterocycles. The Bertz CT molecular complexity index is 582. The van der Waals surface area contributed by atoms with Crippen molar-refractivity contribution in [3.8, 4) is 5.75 Å². The number of methoxy groups -OCH3 is 1. The van der Waals surface area contributed by atoms with E-state index in [0.29, 0.717) is 5.54 Å². The first-order valence-corrected chi connectivity index (χ1v) is 9.13. The predicted molar refractivity (Wildman–Crippen MR) is 87.7 cm³/mol. The Kier molecular flexibility index (Phi) is 2.75. The van der Waals surface area contributed by atoms with E-state index in [0.717, 1.165) is 41.9 Å². The van der Waals surface area contributed by atoms with Crippen LogP contribution in [0.25, 0.3) is 0 Å². The van der Waals surface area contributed by atoms with Crippen LogP contribution in [-0.4, -0.2) is 24.1 Å². The van der Waals surface area contributed by atoms with Crippen LogP contribution in [-0.2, 0) is 6.54 Å². The van der Waals surface area contributed by atoms with Crippen molar-refractivity contribution >= 4 is 0 Å². The molecular formula is C20H27NO. The summed E-state index contributed by atoms with van der Waals surface area (Å²) in [5, 5.41) is 0. The molecule has 2 nitrogen and oxygen atoms in total. The van der Waals surface area contributed by atoms with Crippen molar-refractivity contribution < 1.29 is 4.74 Å². The van der Waals surface area contributed by atoms with Crippen LogP contribution in [0.15, 0.2) is 24.3 Å². The number of ether oxygens (including phenoxy) is 1. The van der Waals surface area contributed by atoms with E-state index in [4.69, 9.17) is 4.74 Å². The molecule has 0 radical (unpaired) electrons. The average Bonchev–Trinajstić information content (AvgIpc) is 3.23. The molecule has 0 spiro atoms. The number of nitrogens with zero attached hydrogens (tertiary/aromatic N) is 1. The van der Waals surface area contributed by atoms with Gasteiger partial charge < -0.3 is 4.74 Å². The van der Waals surface area contributed by atoms with Crippen LogP contribution in [0.2, 0.25) is 0 Å². The van der Waals surface area contributed by atoms with E-state index in [-0.39, 0.29) is 0 Å². The highest BCUT2D eigenvalue weighted by Gasteiger charge is 2.75. The van der Waals surface area contributed by atoms with Crippen LogP contribution in [0.5, 0.6) is 5.75 Å². The first-order valence-electron chi connectivity index (χ1n) is 9.13. The Morgan fingerprint density at radius 3 is 2.68 bits per heavy atom. The van der Waals surface area contributed by atoms with Gasteiger partial charge in [-0.2, -0.15) is 0 Å². The molecule has 5 fully saturated rings. The first-order chi connectivity index (χ1) is 10.7. The summed E-state index contributed by atoms with van der Waals surface area (Å²) in [5.41, 5.74) is 2.01. The van der Waals surface area contributed by atoms with Gasteiger partial charge in [0.15, 0.2) is 0 Å². The minimum absolute atomic E-state index is 0.565. The topological polar surface area (TPSA) is 12.5 Å². The molecular weight excluding hydrogens is 270 g/mol. The van der Waals surface area contributed by atoms with E-state index in [1.807, 2.05) is 0 Å². The van der Waals surface area contributed by atoms with Crippen molar-refractivity contribution in [2.45, 2.75) is 44.7 Å². The molecule has 6 atom stereocenters. The van der Waals surface area contributed by atoms with Crippen molar-refractivity contribution in [3.05, 3.63) is 29.8 Å². The molecule has 1 aromatic carbocycles. The third-order valence-corrected chi connectivity index (χ3v) is 7.44. The van der Waals surface area contributed by atoms with Crippen LogP contribution >= 0.6 is 0 Å². The van der Waals surface area contributed by atoms with Gasteiger partial charge in [-0.15, -0.1) is 0 Å². The molecule has 0 aliphatic heterocycles. The molecule has 2 heteroatoms. The van der Waals surface area contributed by atoms with E-state index in [1.54, 1.807) is 20.0 Å². The van der Waals surface area contributed by atoms with Gasteiger partial charge in [0.25, 0.3) is 0 Å². The summed E-state index contributed by atoms with van der Waals surface area (Å²) in [5.74, 6) is 6.36. The van der Waals surface area contributed by atoms with Gasteiger partial charge in [0.05, 0.1) is 7.11 Å². The van der Waals surface area contributed by atoms with E-state index in [1.165, 1.54) is 24.9 Å². The van der Waals surface area contributed by atoms with E-state index >= 15 is 0 Å². The summed E-state index contributed by atoms with van der Waals surface area (Å²) in [7, 11) is 1.74. The van der Waals surface area contributed by atoms with Gasteiger partial charge in [-0.25, -0.2) is 0 Å². The van der Waals surface area contributed by atoms with Crippen LogP contribution in [0, 0.1) is 29.6 Å². The van der Waals surface area contributed by atoms with E-state index in [9.17, 15) is 0 Å². The lowest BCUT2D eigenvalue weighted by Gasteiger charge is -2.52. The molecule has 6 unspecified atom stereocenters. The smallest absolute Gasteiger partial charge is 0.118 e. The lowest BCUT2D eigenvalue weighted by molar-refractivity contribution is -0.0226. The Morgan fingerprint density at radius 2 is 2.00 bits per heavy atom. The van der Waals surface area contributed by atoms with Gasteiger partial charge in [0.1, 0.15) is 5.75 Å². The minimum atomic E-state index is 0.565. The van der Waals surface area contributed by atoms with E-state index < -0.39 is 0 Å². The van der Waals surface area contributed by atoms with Crippen LogP contribution < -0.4 is 4.74 Å². The molecule has 22 heavy (non-hydrogen) atoms. The zero-order valence-corrected chi connectivity index (χ0v) is 13.8. The normalized spacial score (nSPS) is 43.7. The zero-order valence-electron chi connectivity index (χ0n) is 13.8. The van der Waals surface area contributed by atoms with Crippen molar-refractivity contribution in [1.82, 2.24) is 4.90 Å². The van der Waals surface area contributed by atoms with Gasteiger partial charge in [-0.1, -0.05) is 19.1 Å². The van der Waals surface area contributed by atoms with Crippen LogP contribution in [0.1, 0.15) is 38.2 Å². The molecule has 0 saturated heterocycles. The molecule has 5 aliphatic rings. The molecule has 1 aromatic rings. The number of hydrogen-bond acceptors (Lipinski definition) is 2. The fourth-order valence-corrected chi connectivity index (χ4v) is 6.87. The molecule has 5 saturated carbocycles. The maximum Gasteiger partial charge on any atom is 0.118 e. The fraction of sp³-hybridized carbons (Fsp3) is 0.700. The Labute approximate surface area is 133 Å². The molecule has 5 aliphatic carbocycles. The molecule has 0 amide bonds. The van der Waals surface area contributed by atoms with Crippen LogP contribution in [0.3, 0.4) is 0 Å². The van der Waals surface area contributed by atoms with Crippen LogP contribution in [0.4, 0.5) is 0 Å². The highest BCUT2D eigenvalue weighted by atomic mass is 16.5. The molecule has 6 rings (SSSR count). The third kappa shape index (κ3) is 1.65. The lowest BCUT2D eigenvalue weighted by atomic mass is 9.63. The maximum absolute atomic E-state index is 5.29. The number of benzene rings is 1. The second-order valence-electron chi connectivity index (χ2n) is 8.24. The van der Waals surface area contributed by atoms with Crippen molar-refractivity contribution in [2.75, 3.05) is 13.7 Å².